The number of carbonyl (C=O) groups excluding carboxylic acids is 1. The molecule has 1 aromatic carbocycles. The molecule has 0 saturated heterocycles. The van der Waals surface area contributed by atoms with Crippen molar-refractivity contribution in [3.05, 3.63) is 29.1 Å². The highest BCUT2D eigenvalue weighted by Crippen LogP contribution is 2.31. The molecule has 208 valence electrons. The van der Waals surface area contributed by atoms with E-state index in [-0.39, 0.29) is 25.7 Å². The van der Waals surface area contributed by atoms with Crippen molar-refractivity contribution >= 4 is 6.09 Å². The second-order valence-corrected chi connectivity index (χ2v) is 8.46. The number of benzene rings is 1. The van der Waals surface area contributed by atoms with Gasteiger partial charge in [-0.1, -0.05) is 51.9 Å². The lowest BCUT2D eigenvalue weighted by Gasteiger charge is -2.35. The molecular formula is C25H38F5NO5. The van der Waals surface area contributed by atoms with Crippen molar-refractivity contribution in [3.63, 3.8) is 0 Å². The summed E-state index contributed by atoms with van der Waals surface area (Å²) in [7, 11) is 0. The van der Waals surface area contributed by atoms with Crippen LogP contribution in [0.5, 0.6) is 5.75 Å². The Labute approximate surface area is 209 Å². The summed E-state index contributed by atoms with van der Waals surface area (Å²) in [5.74, 6) is -14.9. The highest BCUT2D eigenvalue weighted by molar-refractivity contribution is 5.70. The van der Waals surface area contributed by atoms with Crippen molar-refractivity contribution in [1.82, 2.24) is 5.32 Å². The average Bonchev–Trinajstić information content (AvgIpc) is 2.85. The number of unbranched alkanes of at least 4 members (excludes halogenated alkanes) is 6. The summed E-state index contributed by atoms with van der Waals surface area (Å²) < 4.78 is 82.2. The monoisotopic (exact) mass is 527 g/mol. The van der Waals surface area contributed by atoms with Crippen LogP contribution in [0.25, 0.3) is 0 Å². The molecule has 0 aliphatic rings. The summed E-state index contributed by atoms with van der Waals surface area (Å²) in [6, 6.07) is 0. The van der Waals surface area contributed by atoms with Gasteiger partial charge in [0, 0.05) is 25.7 Å². The Bertz CT molecular complexity index is 777. The zero-order valence-electron chi connectivity index (χ0n) is 21.2. The molecule has 1 unspecified atom stereocenters. The molecule has 6 nitrogen and oxygen atoms in total. The Morgan fingerprint density at radius 2 is 1.25 bits per heavy atom. The topological polar surface area (TPSA) is 77.0 Å². The number of hydrogen-bond acceptors (Lipinski definition) is 5. The van der Waals surface area contributed by atoms with Gasteiger partial charge in [-0.3, -0.25) is 0 Å². The zero-order valence-corrected chi connectivity index (χ0v) is 21.2. The minimum absolute atomic E-state index is 0.0136. The SMILES string of the molecule is CCCCCCCCC(CCCCNC(=O)Oc1c(F)c(F)c(F)c(F)c1F)C(O)(OCC)OCC. The third kappa shape index (κ3) is 9.82. The molecule has 0 aliphatic carbocycles. The quantitative estimate of drug-likeness (QED) is 0.0728. The summed E-state index contributed by atoms with van der Waals surface area (Å²) in [5, 5.41) is 13.2. The molecule has 2 N–H and O–H groups in total. The van der Waals surface area contributed by atoms with E-state index in [1.165, 1.54) is 6.42 Å². The number of ether oxygens (including phenoxy) is 3. The van der Waals surface area contributed by atoms with Crippen molar-refractivity contribution in [1.29, 1.82) is 0 Å². The first-order chi connectivity index (χ1) is 17.1. The lowest BCUT2D eigenvalue weighted by Crippen LogP contribution is -2.44. The average molecular weight is 528 g/mol. The molecule has 0 aliphatic heterocycles. The van der Waals surface area contributed by atoms with Gasteiger partial charge in [0.15, 0.2) is 0 Å². The summed E-state index contributed by atoms with van der Waals surface area (Å²) >= 11 is 0. The minimum Gasteiger partial charge on any atom is -0.404 e. The standard InChI is InChI=1S/C25H38F5NO5/c1-4-7-8-9-10-11-14-17(25(33,34-5-2)35-6-3)15-12-13-16-31-24(32)36-23-21(29)19(27)18(26)20(28)22(23)30/h17,33H,4-16H2,1-3H3,(H,31,32). The van der Waals surface area contributed by atoms with E-state index in [2.05, 4.69) is 17.0 Å². The molecule has 1 rings (SSSR count). The van der Waals surface area contributed by atoms with Gasteiger partial charge in [0.1, 0.15) is 0 Å². The van der Waals surface area contributed by atoms with E-state index in [0.717, 1.165) is 32.1 Å². The molecule has 0 radical (unpaired) electrons. The molecule has 0 bridgehead atoms. The summed E-state index contributed by atoms with van der Waals surface area (Å²) in [6.07, 6.45) is 7.29. The van der Waals surface area contributed by atoms with Gasteiger partial charge in [0.2, 0.25) is 34.8 Å². The fourth-order valence-electron chi connectivity index (χ4n) is 3.88. The number of amides is 1. The van der Waals surface area contributed by atoms with Crippen LogP contribution in [-0.2, 0) is 9.47 Å². The molecule has 0 saturated carbocycles. The molecule has 0 aromatic heterocycles. The van der Waals surface area contributed by atoms with Crippen molar-refractivity contribution in [2.45, 2.75) is 91.0 Å². The number of carbonyl (C=O) groups is 1. The molecule has 1 atom stereocenters. The van der Waals surface area contributed by atoms with Crippen molar-refractivity contribution in [2.75, 3.05) is 19.8 Å². The Kier molecular flexibility index (Phi) is 14.9. The third-order valence-electron chi connectivity index (χ3n) is 5.74. The van der Waals surface area contributed by atoms with E-state index in [9.17, 15) is 31.9 Å². The Balaban J connectivity index is 2.60. The zero-order chi connectivity index (χ0) is 27.1. The number of nitrogens with one attached hydrogen (secondary N) is 1. The molecule has 0 heterocycles. The largest absolute Gasteiger partial charge is 0.412 e. The maximum atomic E-state index is 13.6. The maximum Gasteiger partial charge on any atom is 0.412 e. The Morgan fingerprint density at radius 1 is 0.778 bits per heavy atom. The number of halogens is 5. The first kappa shape index (κ1) is 32.0. The van der Waals surface area contributed by atoms with Crippen LogP contribution in [0.2, 0.25) is 0 Å². The van der Waals surface area contributed by atoms with E-state index in [0.29, 0.717) is 25.7 Å². The first-order valence-electron chi connectivity index (χ1n) is 12.6. The van der Waals surface area contributed by atoms with E-state index >= 15 is 0 Å². The van der Waals surface area contributed by atoms with Crippen LogP contribution in [0.1, 0.15) is 85.0 Å². The number of hydrogen-bond donors (Lipinski definition) is 2. The van der Waals surface area contributed by atoms with Crippen LogP contribution in [-0.4, -0.2) is 36.9 Å². The maximum absolute atomic E-state index is 13.6. The van der Waals surface area contributed by atoms with Crippen molar-refractivity contribution in [2.24, 2.45) is 5.92 Å². The van der Waals surface area contributed by atoms with E-state index < -0.39 is 46.9 Å². The van der Waals surface area contributed by atoms with Gasteiger partial charge in [-0.2, -0.15) is 8.78 Å². The minimum atomic E-state index is -2.34. The third-order valence-corrected chi connectivity index (χ3v) is 5.74. The van der Waals surface area contributed by atoms with E-state index in [1.54, 1.807) is 13.8 Å². The fourth-order valence-corrected chi connectivity index (χ4v) is 3.88. The normalized spacial score (nSPS) is 12.6. The molecule has 1 amide bonds. The lowest BCUT2D eigenvalue weighted by atomic mass is 9.92. The molecule has 36 heavy (non-hydrogen) atoms. The molecular weight excluding hydrogens is 489 g/mol. The Hall–Kier alpha value is -1.98. The van der Waals surface area contributed by atoms with Gasteiger partial charge < -0.3 is 24.6 Å². The second-order valence-electron chi connectivity index (χ2n) is 8.46. The van der Waals surface area contributed by atoms with Gasteiger partial charge >= 0.3 is 6.09 Å². The number of aliphatic hydroxyl groups is 1. The molecule has 0 fully saturated rings. The van der Waals surface area contributed by atoms with Gasteiger partial charge in [-0.05, 0) is 33.1 Å². The van der Waals surface area contributed by atoms with Gasteiger partial charge in [0.05, 0.1) is 0 Å². The van der Waals surface area contributed by atoms with E-state index in [4.69, 9.17) is 9.47 Å². The molecule has 11 heteroatoms. The predicted octanol–water partition coefficient (Wildman–Crippen LogP) is 6.73. The van der Waals surface area contributed by atoms with Crippen LogP contribution in [0.15, 0.2) is 0 Å². The van der Waals surface area contributed by atoms with Crippen LogP contribution < -0.4 is 10.1 Å². The summed E-state index contributed by atoms with van der Waals surface area (Å²) in [6.45, 7) is 6.19. The number of rotatable bonds is 18. The van der Waals surface area contributed by atoms with Crippen LogP contribution in [0, 0.1) is 35.0 Å². The van der Waals surface area contributed by atoms with Gasteiger partial charge in [0.25, 0.3) is 5.97 Å². The second kappa shape index (κ2) is 16.7. The van der Waals surface area contributed by atoms with Gasteiger partial charge in [-0.15, -0.1) is 0 Å². The Morgan fingerprint density at radius 3 is 1.78 bits per heavy atom. The van der Waals surface area contributed by atoms with E-state index in [1.807, 2.05) is 0 Å². The molecule has 0 spiro atoms. The first-order valence-corrected chi connectivity index (χ1v) is 12.6. The van der Waals surface area contributed by atoms with Crippen LogP contribution in [0.3, 0.4) is 0 Å². The summed E-state index contributed by atoms with van der Waals surface area (Å²) in [5.41, 5.74) is 0. The van der Waals surface area contributed by atoms with Gasteiger partial charge in [-0.25, -0.2) is 18.0 Å². The van der Waals surface area contributed by atoms with Crippen molar-refractivity contribution < 1.29 is 46.1 Å². The molecule has 1 aromatic rings. The summed E-state index contributed by atoms with van der Waals surface area (Å²) in [4.78, 5) is 11.8. The lowest BCUT2D eigenvalue weighted by molar-refractivity contribution is -0.385. The highest BCUT2D eigenvalue weighted by Gasteiger charge is 2.38. The highest BCUT2D eigenvalue weighted by atomic mass is 19.2. The predicted molar refractivity (Wildman–Crippen MR) is 124 cm³/mol. The fraction of sp³-hybridized carbons (Fsp3) is 0.720. The van der Waals surface area contributed by atoms with Crippen molar-refractivity contribution in [3.8, 4) is 5.75 Å². The van der Waals surface area contributed by atoms with Crippen LogP contribution in [0.4, 0.5) is 26.7 Å². The smallest absolute Gasteiger partial charge is 0.404 e. The van der Waals surface area contributed by atoms with Crippen LogP contribution >= 0.6 is 0 Å².